The molecule has 0 aliphatic carbocycles. The number of amides is 1. The SMILES string of the molecule is O=C(CC(c1ccc(Cl)cc1)c1ccccc1Cl)Nc1cscc1C(=O)O. The van der Waals surface area contributed by atoms with Crippen LogP contribution in [0.3, 0.4) is 0 Å². The van der Waals surface area contributed by atoms with Crippen molar-refractivity contribution in [2.24, 2.45) is 0 Å². The van der Waals surface area contributed by atoms with Gasteiger partial charge in [-0.3, -0.25) is 4.79 Å². The second-order valence-corrected chi connectivity index (χ2v) is 7.47. The molecule has 0 aliphatic heterocycles. The number of thiophene rings is 1. The van der Waals surface area contributed by atoms with E-state index in [4.69, 9.17) is 23.2 Å². The van der Waals surface area contributed by atoms with Gasteiger partial charge in [0.25, 0.3) is 0 Å². The molecule has 1 amide bonds. The van der Waals surface area contributed by atoms with Crippen molar-refractivity contribution in [1.82, 2.24) is 0 Å². The number of carbonyl (C=O) groups excluding carboxylic acids is 1. The van der Waals surface area contributed by atoms with E-state index >= 15 is 0 Å². The van der Waals surface area contributed by atoms with Crippen molar-refractivity contribution in [2.45, 2.75) is 12.3 Å². The third-order valence-corrected chi connectivity index (χ3v) is 5.45. The standard InChI is InChI=1S/C20H15Cl2NO3S/c21-13-7-5-12(6-8-13)15(14-3-1-2-4-17(14)22)9-19(24)23-18-11-27-10-16(18)20(25)26/h1-8,10-11,15H,9H2,(H,23,24)(H,25,26). The smallest absolute Gasteiger partial charge is 0.338 e. The molecule has 3 rings (SSSR count). The maximum atomic E-state index is 12.7. The Kier molecular flexibility index (Phi) is 6.16. The number of nitrogens with one attached hydrogen (secondary N) is 1. The Morgan fingerprint density at radius 1 is 1.04 bits per heavy atom. The Balaban J connectivity index is 1.88. The van der Waals surface area contributed by atoms with Gasteiger partial charge in [-0.1, -0.05) is 53.5 Å². The van der Waals surface area contributed by atoms with Gasteiger partial charge in [0.1, 0.15) is 0 Å². The molecule has 1 unspecified atom stereocenters. The van der Waals surface area contributed by atoms with Crippen LogP contribution in [0.15, 0.2) is 59.3 Å². The Morgan fingerprint density at radius 3 is 2.41 bits per heavy atom. The summed E-state index contributed by atoms with van der Waals surface area (Å²) in [5.41, 5.74) is 2.09. The van der Waals surface area contributed by atoms with Crippen LogP contribution in [-0.2, 0) is 4.79 Å². The van der Waals surface area contributed by atoms with Crippen molar-refractivity contribution in [3.05, 3.63) is 86.0 Å². The van der Waals surface area contributed by atoms with Crippen LogP contribution in [0.1, 0.15) is 33.8 Å². The summed E-state index contributed by atoms with van der Waals surface area (Å²) in [7, 11) is 0. The number of carbonyl (C=O) groups is 2. The average Bonchev–Trinajstić information content (AvgIpc) is 3.09. The highest BCUT2D eigenvalue weighted by Crippen LogP contribution is 2.34. The quantitative estimate of drug-likeness (QED) is 0.521. The zero-order valence-electron chi connectivity index (χ0n) is 14.0. The number of hydrogen-bond donors (Lipinski definition) is 2. The first-order chi connectivity index (χ1) is 13.0. The minimum absolute atomic E-state index is 0.0779. The Bertz CT molecular complexity index is 969. The number of hydrogen-bond acceptors (Lipinski definition) is 3. The first-order valence-corrected chi connectivity index (χ1v) is 9.75. The van der Waals surface area contributed by atoms with Crippen LogP contribution >= 0.6 is 34.5 Å². The summed E-state index contributed by atoms with van der Waals surface area (Å²) in [6, 6.07) is 14.6. The van der Waals surface area contributed by atoms with E-state index in [1.54, 1.807) is 23.6 Å². The summed E-state index contributed by atoms with van der Waals surface area (Å²) in [5, 5.41) is 16.1. The second-order valence-electron chi connectivity index (χ2n) is 5.88. The molecule has 1 aromatic heterocycles. The number of carboxylic acids is 1. The molecular formula is C20H15Cl2NO3S. The van der Waals surface area contributed by atoms with Gasteiger partial charge < -0.3 is 10.4 Å². The number of anilines is 1. The fourth-order valence-corrected chi connectivity index (χ4v) is 3.95. The second kappa shape index (κ2) is 8.57. The molecule has 1 atom stereocenters. The molecular weight excluding hydrogens is 405 g/mol. The third-order valence-electron chi connectivity index (χ3n) is 4.11. The number of halogens is 2. The molecule has 0 spiro atoms. The van der Waals surface area contributed by atoms with Crippen LogP contribution in [0.2, 0.25) is 10.0 Å². The molecule has 0 fully saturated rings. The monoisotopic (exact) mass is 419 g/mol. The number of carboxylic acid groups (broad SMARTS) is 1. The fraction of sp³-hybridized carbons (Fsp3) is 0.100. The van der Waals surface area contributed by atoms with Gasteiger partial charge in [0, 0.05) is 33.1 Å². The van der Waals surface area contributed by atoms with Gasteiger partial charge >= 0.3 is 5.97 Å². The zero-order chi connectivity index (χ0) is 19.4. The van der Waals surface area contributed by atoms with Crippen molar-refractivity contribution in [3.8, 4) is 0 Å². The van der Waals surface area contributed by atoms with E-state index in [0.29, 0.717) is 15.7 Å². The summed E-state index contributed by atoms with van der Waals surface area (Å²) in [6.07, 6.45) is 0.111. The average molecular weight is 420 g/mol. The van der Waals surface area contributed by atoms with Crippen LogP contribution in [0.5, 0.6) is 0 Å². The highest BCUT2D eigenvalue weighted by molar-refractivity contribution is 7.08. The molecule has 0 radical (unpaired) electrons. The van der Waals surface area contributed by atoms with Crippen LogP contribution in [0, 0.1) is 0 Å². The summed E-state index contributed by atoms with van der Waals surface area (Å²) >= 11 is 13.6. The molecule has 27 heavy (non-hydrogen) atoms. The summed E-state index contributed by atoms with van der Waals surface area (Å²) < 4.78 is 0. The molecule has 1 heterocycles. The van der Waals surface area contributed by atoms with E-state index < -0.39 is 5.97 Å². The van der Waals surface area contributed by atoms with Crippen molar-refractivity contribution in [2.75, 3.05) is 5.32 Å². The molecule has 2 N–H and O–H groups in total. The van der Waals surface area contributed by atoms with Gasteiger partial charge in [-0.15, -0.1) is 11.3 Å². The molecule has 0 saturated heterocycles. The van der Waals surface area contributed by atoms with Crippen LogP contribution in [-0.4, -0.2) is 17.0 Å². The van der Waals surface area contributed by atoms with E-state index in [1.165, 1.54) is 16.7 Å². The maximum absolute atomic E-state index is 12.7. The van der Waals surface area contributed by atoms with Crippen LogP contribution in [0.4, 0.5) is 5.69 Å². The molecule has 0 aliphatic rings. The highest BCUT2D eigenvalue weighted by Gasteiger charge is 2.22. The molecule has 2 aromatic carbocycles. The summed E-state index contributed by atoms with van der Waals surface area (Å²) in [5.74, 6) is -1.66. The minimum Gasteiger partial charge on any atom is -0.478 e. The zero-order valence-corrected chi connectivity index (χ0v) is 16.3. The lowest BCUT2D eigenvalue weighted by atomic mass is 9.88. The van der Waals surface area contributed by atoms with Gasteiger partial charge in [-0.05, 0) is 29.3 Å². The van der Waals surface area contributed by atoms with Gasteiger partial charge in [0.05, 0.1) is 11.3 Å². The van der Waals surface area contributed by atoms with E-state index in [-0.39, 0.29) is 23.8 Å². The first kappa shape index (κ1) is 19.4. The van der Waals surface area contributed by atoms with Crippen molar-refractivity contribution in [1.29, 1.82) is 0 Å². The molecule has 0 saturated carbocycles. The molecule has 7 heteroatoms. The predicted octanol–water partition coefficient (Wildman–Crippen LogP) is 5.91. The summed E-state index contributed by atoms with van der Waals surface area (Å²) in [4.78, 5) is 23.9. The lowest BCUT2D eigenvalue weighted by Gasteiger charge is -2.19. The van der Waals surface area contributed by atoms with Crippen LogP contribution in [0.25, 0.3) is 0 Å². The Morgan fingerprint density at radius 2 is 1.74 bits per heavy atom. The number of rotatable bonds is 6. The number of aromatic carboxylic acids is 1. The molecule has 4 nitrogen and oxygen atoms in total. The molecule has 138 valence electrons. The van der Waals surface area contributed by atoms with E-state index in [9.17, 15) is 14.7 Å². The van der Waals surface area contributed by atoms with Gasteiger partial charge in [-0.25, -0.2) is 4.79 Å². The first-order valence-electron chi connectivity index (χ1n) is 8.05. The topological polar surface area (TPSA) is 66.4 Å². The van der Waals surface area contributed by atoms with Gasteiger partial charge in [-0.2, -0.15) is 0 Å². The Hall–Kier alpha value is -2.34. The predicted molar refractivity (Wildman–Crippen MR) is 109 cm³/mol. The normalized spacial score (nSPS) is 11.8. The maximum Gasteiger partial charge on any atom is 0.338 e. The van der Waals surface area contributed by atoms with Crippen molar-refractivity contribution >= 4 is 52.1 Å². The minimum atomic E-state index is -1.08. The molecule has 3 aromatic rings. The number of benzene rings is 2. The van der Waals surface area contributed by atoms with Crippen molar-refractivity contribution in [3.63, 3.8) is 0 Å². The fourth-order valence-electron chi connectivity index (χ4n) is 2.81. The van der Waals surface area contributed by atoms with E-state index in [0.717, 1.165) is 11.1 Å². The van der Waals surface area contributed by atoms with Crippen molar-refractivity contribution < 1.29 is 14.7 Å². The Labute approximate surface area is 170 Å². The molecule has 0 bridgehead atoms. The third kappa shape index (κ3) is 4.69. The lowest BCUT2D eigenvalue weighted by molar-refractivity contribution is -0.116. The van der Waals surface area contributed by atoms with Gasteiger partial charge in [0.15, 0.2) is 0 Å². The van der Waals surface area contributed by atoms with E-state index in [2.05, 4.69) is 5.32 Å². The summed E-state index contributed by atoms with van der Waals surface area (Å²) in [6.45, 7) is 0. The lowest BCUT2D eigenvalue weighted by Crippen LogP contribution is -2.17. The van der Waals surface area contributed by atoms with E-state index in [1.807, 2.05) is 30.3 Å². The van der Waals surface area contributed by atoms with Gasteiger partial charge in [0.2, 0.25) is 5.91 Å². The highest BCUT2D eigenvalue weighted by atomic mass is 35.5. The largest absolute Gasteiger partial charge is 0.478 e. The van der Waals surface area contributed by atoms with Crippen LogP contribution < -0.4 is 5.32 Å².